The lowest BCUT2D eigenvalue weighted by Gasteiger charge is -2.20. The zero-order chi connectivity index (χ0) is 53.6. The van der Waals surface area contributed by atoms with Gasteiger partial charge in [0, 0.05) is 12.8 Å². The van der Waals surface area contributed by atoms with E-state index in [0.717, 1.165) is 64.2 Å². The first-order valence-electron chi connectivity index (χ1n) is 32.9. The predicted molar refractivity (Wildman–Crippen MR) is 324 cm³/mol. The highest BCUT2D eigenvalue weighted by Crippen LogP contribution is 2.17. The Morgan fingerprint density at radius 1 is 0.378 bits per heavy atom. The number of ether oxygens (including phenoxy) is 1. The summed E-state index contributed by atoms with van der Waals surface area (Å²) in [6.45, 7) is 4.91. The molecule has 0 aromatic heterocycles. The highest BCUT2D eigenvalue weighted by molar-refractivity contribution is 5.76. The van der Waals surface area contributed by atoms with Gasteiger partial charge in [-0.3, -0.25) is 9.59 Å². The molecule has 0 aromatic carbocycles. The largest absolute Gasteiger partial charge is 0.466 e. The number of amides is 1. The fourth-order valence-electron chi connectivity index (χ4n) is 10.0. The first-order valence-corrected chi connectivity index (χ1v) is 32.9. The monoisotopic (exact) mass is 1040 g/mol. The zero-order valence-corrected chi connectivity index (χ0v) is 49.6. The normalized spacial score (nSPS) is 12.9. The molecule has 0 bridgehead atoms. The number of hydrogen-bond acceptors (Lipinski definition) is 5. The average molecular weight is 1040 g/mol. The van der Waals surface area contributed by atoms with Crippen LogP contribution in [0.4, 0.5) is 0 Å². The van der Waals surface area contributed by atoms with Crippen LogP contribution in [0.5, 0.6) is 0 Å². The lowest BCUT2D eigenvalue weighted by Crippen LogP contribution is -2.45. The maximum atomic E-state index is 12.5. The van der Waals surface area contributed by atoms with Crippen LogP contribution in [0, 0.1) is 0 Å². The van der Waals surface area contributed by atoms with Crippen LogP contribution in [0.15, 0.2) is 48.6 Å². The third-order valence-corrected chi connectivity index (χ3v) is 15.1. The van der Waals surface area contributed by atoms with E-state index in [1.54, 1.807) is 6.08 Å². The predicted octanol–water partition coefficient (Wildman–Crippen LogP) is 20.9. The Hall–Kier alpha value is -2.18. The molecule has 2 unspecified atom stereocenters. The van der Waals surface area contributed by atoms with Crippen molar-refractivity contribution in [1.82, 2.24) is 5.32 Å². The van der Waals surface area contributed by atoms with Crippen LogP contribution in [0.25, 0.3) is 0 Å². The van der Waals surface area contributed by atoms with Crippen molar-refractivity contribution >= 4 is 11.9 Å². The molecule has 0 aliphatic heterocycles. The molecule has 6 nitrogen and oxygen atoms in total. The number of unbranched alkanes of at least 4 members (excludes halogenated alkanes) is 44. The minimum absolute atomic E-state index is 0.00316. The summed E-state index contributed by atoms with van der Waals surface area (Å²) in [5, 5.41) is 23.2. The van der Waals surface area contributed by atoms with Crippen molar-refractivity contribution in [3.63, 3.8) is 0 Å². The van der Waals surface area contributed by atoms with E-state index >= 15 is 0 Å². The number of aliphatic hydroxyl groups is 2. The molecule has 0 aliphatic carbocycles. The van der Waals surface area contributed by atoms with Gasteiger partial charge in [-0.2, -0.15) is 0 Å². The van der Waals surface area contributed by atoms with E-state index < -0.39 is 12.1 Å². The molecule has 74 heavy (non-hydrogen) atoms. The highest BCUT2D eigenvalue weighted by Gasteiger charge is 2.18. The second kappa shape index (κ2) is 63.4. The topological polar surface area (TPSA) is 95.9 Å². The summed E-state index contributed by atoms with van der Waals surface area (Å²) < 4.78 is 5.49. The molecule has 0 saturated carbocycles. The molecular weight excluding hydrogens is 911 g/mol. The number of carbonyl (C=O) groups is 2. The molecule has 0 radical (unpaired) electrons. The van der Waals surface area contributed by atoms with Crippen LogP contribution in [0.2, 0.25) is 0 Å². The standard InChI is InChI=1S/C68H127NO5/c1-3-5-7-9-11-13-15-17-19-28-32-36-40-44-48-52-56-60-66(71)65(64-70)69-67(72)61-57-53-49-45-41-37-33-30-26-24-22-21-23-25-27-31-35-39-43-47-51-55-59-63-74-68(73)62-58-54-50-46-42-38-34-29-20-18-16-14-12-10-8-6-4-2/h18,20-21,23-24,26,56,60,65-66,70-71H,3-17,19,22,25,27-55,57-59,61-64H2,1-2H3,(H,69,72)/b20-18-,23-21-,26-24-,60-56+. The van der Waals surface area contributed by atoms with Crippen molar-refractivity contribution in [3.05, 3.63) is 48.6 Å². The Morgan fingerprint density at radius 2 is 0.676 bits per heavy atom. The summed E-state index contributed by atoms with van der Waals surface area (Å²) in [6.07, 6.45) is 81.6. The Morgan fingerprint density at radius 3 is 1.04 bits per heavy atom. The first-order chi connectivity index (χ1) is 36.5. The first kappa shape index (κ1) is 71.8. The molecule has 3 N–H and O–H groups in total. The summed E-state index contributed by atoms with van der Waals surface area (Å²) in [7, 11) is 0. The Balaban J connectivity index is 3.47. The molecule has 0 aliphatic rings. The lowest BCUT2D eigenvalue weighted by atomic mass is 10.0. The summed E-state index contributed by atoms with van der Waals surface area (Å²) >= 11 is 0. The maximum absolute atomic E-state index is 12.5. The SMILES string of the molecule is CCCCCCCC/C=C\CCCCCCCCCC(=O)OCCCCCCCCCCC/C=C\C/C=C\CCCCCCCCCC(=O)NC(CO)C(O)/C=C/CCCCCCCCCCCCCCCCC. The van der Waals surface area contributed by atoms with Crippen LogP contribution >= 0.6 is 0 Å². The van der Waals surface area contributed by atoms with Gasteiger partial charge in [0.05, 0.1) is 25.4 Å². The van der Waals surface area contributed by atoms with Crippen molar-refractivity contribution < 1.29 is 24.5 Å². The Labute approximate surface area is 461 Å². The zero-order valence-electron chi connectivity index (χ0n) is 49.6. The van der Waals surface area contributed by atoms with Gasteiger partial charge >= 0.3 is 5.97 Å². The summed E-state index contributed by atoms with van der Waals surface area (Å²) in [5.41, 5.74) is 0. The van der Waals surface area contributed by atoms with E-state index in [-0.39, 0.29) is 18.5 Å². The number of carbonyl (C=O) groups excluding carboxylic acids is 2. The third-order valence-electron chi connectivity index (χ3n) is 15.1. The number of nitrogens with one attached hydrogen (secondary N) is 1. The average Bonchev–Trinajstić information content (AvgIpc) is 3.40. The second-order valence-electron chi connectivity index (χ2n) is 22.4. The van der Waals surface area contributed by atoms with Crippen molar-refractivity contribution in [2.45, 2.75) is 360 Å². The van der Waals surface area contributed by atoms with Gasteiger partial charge < -0.3 is 20.3 Å². The van der Waals surface area contributed by atoms with Gasteiger partial charge in [-0.25, -0.2) is 0 Å². The quantitative estimate of drug-likeness (QED) is 0.0320. The number of hydrogen-bond donors (Lipinski definition) is 3. The van der Waals surface area contributed by atoms with Gasteiger partial charge in [0.1, 0.15) is 0 Å². The summed E-state index contributed by atoms with van der Waals surface area (Å²) in [6, 6.07) is -0.637. The van der Waals surface area contributed by atoms with E-state index in [2.05, 4.69) is 55.6 Å². The third kappa shape index (κ3) is 59.1. The van der Waals surface area contributed by atoms with Crippen molar-refractivity contribution in [3.8, 4) is 0 Å². The molecule has 1 amide bonds. The van der Waals surface area contributed by atoms with E-state index in [0.29, 0.717) is 19.4 Å². The molecule has 0 saturated heterocycles. The fourth-order valence-corrected chi connectivity index (χ4v) is 10.0. The summed E-state index contributed by atoms with van der Waals surface area (Å²) in [4.78, 5) is 24.6. The number of aliphatic hydroxyl groups excluding tert-OH is 2. The minimum Gasteiger partial charge on any atom is -0.466 e. The van der Waals surface area contributed by atoms with E-state index in [1.165, 1.54) is 257 Å². The minimum atomic E-state index is -0.852. The smallest absolute Gasteiger partial charge is 0.305 e. The van der Waals surface area contributed by atoms with Gasteiger partial charge in [0.2, 0.25) is 5.91 Å². The number of esters is 1. The van der Waals surface area contributed by atoms with Crippen LogP contribution in [0.3, 0.4) is 0 Å². The highest BCUT2D eigenvalue weighted by atomic mass is 16.5. The second-order valence-corrected chi connectivity index (χ2v) is 22.4. The lowest BCUT2D eigenvalue weighted by molar-refractivity contribution is -0.143. The van der Waals surface area contributed by atoms with Crippen LogP contribution in [0.1, 0.15) is 348 Å². The van der Waals surface area contributed by atoms with Gasteiger partial charge in [-0.05, 0) is 89.9 Å². The molecule has 0 fully saturated rings. The van der Waals surface area contributed by atoms with E-state index in [1.807, 2.05) is 6.08 Å². The Bertz CT molecular complexity index is 1240. The van der Waals surface area contributed by atoms with Crippen LogP contribution in [-0.2, 0) is 14.3 Å². The number of rotatable bonds is 61. The van der Waals surface area contributed by atoms with Crippen LogP contribution in [-0.4, -0.2) is 47.4 Å². The molecule has 6 heteroatoms. The van der Waals surface area contributed by atoms with Gasteiger partial charge in [0.25, 0.3) is 0 Å². The molecule has 2 atom stereocenters. The number of allylic oxidation sites excluding steroid dienone is 7. The molecule has 0 aromatic rings. The molecule has 0 rings (SSSR count). The van der Waals surface area contributed by atoms with Crippen molar-refractivity contribution in [1.29, 1.82) is 0 Å². The van der Waals surface area contributed by atoms with Crippen molar-refractivity contribution in [2.24, 2.45) is 0 Å². The molecular formula is C68H127NO5. The van der Waals surface area contributed by atoms with Gasteiger partial charge in [-0.1, -0.05) is 294 Å². The molecule has 0 heterocycles. The van der Waals surface area contributed by atoms with E-state index in [9.17, 15) is 19.8 Å². The van der Waals surface area contributed by atoms with Crippen molar-refractivity contribution in [2.75, 3.05) is 13.2 Å². The molecule has 434 valence electrons. The van der Waals surface area contributed by atoms with E-state index in [4.69, 9.17) is 4.74 Å². The summed E-state index contributed by atoms with van der Waals surface area (Å²) in [5.74, 6) is -0.0739. The van der Waals surface area contributed by atoms with Gasteiger partial charge in [-0.15, -0.1) is 0 Å². The van der Waals surface area contributed by atoms with Crippen LogP contribution < -0.4 is 5.32 Å². The Kier molecular flexibility index (Phi) is 61.5. The maximum Gasteiger partial charge on any atom is 0.305 e. The van der Waals surface area contributed by atoms with Gasteiger partial charge in [0.15, 0.2) is 0 Å². The fraction of sp³-hybridized carbons (Fsp3) is 0.853. The molecule has 0 spiro atoms.